The van der Waals surface area contributed by atoms with Crippen LogP contribution in [-0.2, 0) is 29.0 Å². The van der Waals surface area contributed by atoms with Gasteiger partial charge in [0.1, 0.15) is 24.0 Å². The number of hydrogen-bond acceptors (Lipinski definition) is 6. The van der Waals surface area contributed by atoms with Crippen LogP contribution < -0.4 is 9.64 Å². The second-order valence-electron chi connectivity index (χ2n) is 12.2. The lowest BCUT2D eigenvalue weighted by atomic mass is 9.94. The highest BCUT2D eigenvalue weighted by Crippen LogP contribution is 2.35. The van der Waals surface area contributed by atoms with Gasteiger partial charge in [-0.15, -0.1) is 0 Å². The number of para-hydroxylation sites is 1. The van der Waals surface area contributed by atoms with E-state index in [1.165, 1.54) is 6.42 Å². The van der Waals surface area contributed by atoms with Crippen LogP contribution in [0.4, 0.5) is 10.2 Å². The number of carboxylic acid groups (broad SMARTS) is 1. The Kier molecular flexibility index (Phi) is 10.5. The number of halogens is 1. The minimum absolute atomic E-state index is 0.133. The molecule has 1 fully saturated rings. The standard InChI is InChI=1S/C36H46FN3O4/c1-5-9-27(6-2)39-17-14-26-20-25(21-31(37)28(26)15-18-39)23-44-35-24(3)10-7-11-29(35)32-12-8-13-34(38-32)40-19-16-30(36(41)42)33(22-40)43-4/h7-8,10-13,20-21,27,30,33H,5-6,9,14-19,22-23H2,1-4H3,(H,41,42)/t27?,30-,33+/m1/s1. The number of benzene rings is 2. The largest absolute Gasteiger partial charge is 0.488 e. The van der Waals surface area contributed by atoms with Gasteiger partial charge in [0.2, 0.25) is 0 Å². The first-order chi connectivity index (χ1) is 21.3. The van der Waals surface area contributed by atoms with E-state index in [-0.39, 0.29) is 12.4 Å². The fourth-order valence-corrected chi connectivity index (χ4v) is 6.91. The first kappa shape index (κ1) is 31.9. The third-order valence-corrected chi connectivity index (χ3v) is 9.38. The van der Waals surface area contributed by atoms with Gasteiger partial charge >= 0.3 is 5.97 Å². The third-order valence-electron chi connectivity index (χ3n) is 9.38. The number of piperidine rings is 1. The number of nitrogens with zero attached hydrogens (tertiary/aromatic N) is 3. The van der Waals surface area contributed by atoms with Crippen LogP contribution in [0.2, 0.25) is 0 Å². The van der Waals surface area contributed by atoms with E-state index in [1.54, 1.807) is 13.2 Å². The molecule has 2 aliphatic heterocycles. The first-order valence-electron chi connectivity index (χ1n) is 16.1. The Bertz CT molecular complexity index is 1450. The second-order valence-corrected chi connectivity index (χ2v) is 12.2. The molecule has 1 N–H and O–H groups in total. The molecule has 0 spiro atoms. The van der Waals surface area contributed by atoms with E-state index in [9.17, 15) is 9.90 Å². The number of pyridine rings is 1. The number of rotatable bonds is 11. The van der Waals surface area contributed by atoms with Gasteiger partial charge in [0.25, 0.3) is 0 Å². The number of methoxy groups -OCH3 is 1. The van der Waals surface area contributed by atoms with E-state index in [0.29, 0.717) is 25.6 Å². The quantitative estimate of drug-likeness (QED) is 0.262. The lowest BCUT2D eigenvalue weighted by molar-refractivity contribution is -0.147. The van der Waals surface area contributed by atoms with Crippen LogP contribution >= 0.6 is 0 Å². The van der Waals surface area contributed by atoms with Crippen molar-refractivity contribution in [3.05, 3.63) is 76.6 Å². The Balaban J connectivity index is 1.33. The summed E-state index contributed by atoms with van der Waals surface area (Å²) in [6, 6.07) is 16.2. The third kappa shape index (κ3) is 7.08. The molecule has 1 saturated heterocycles. The molecule has 1 aromatic heterocycles. The minimum Gasteiger partial charge on any atom is -0.488 e. The molecule has 44 heavy (non-hydrogen) atoms. The van der Waals surface area contributed by atoms with Crippen molar-refractivity contribution in [3.63, 3.8) is 0 Å². The molecule has 0 radical (unpaired) electrons. The number of anilines is 1. The van der Waals surface area contributed by atoms with Gasteiger partial charge in [-0.05, 0) is 85.5 Å². The van der Waals surface area contributed by atoms with Gasteiger partial charge in [0.15, 0.2) is 0 Å². The van der Waals surface area contributed by atoms with E-state index in [2.05, 4.69) is 29.7 Å². The summed E-state index contributed by atoms with van der Waals surface area (Å²) in [5.74, 6) is 0.0118. The van der Waals surface area contributed by atoms with E-state index in [1.807, 2.05) is 43.3 Å². The van der Waals surface area contributed by atoms with E-state index in [4.69, 9.17) is 14.5 Å². The van der Waals surface area contributed by atoms with Gasteiger partial charge < -0.3 is 19.5 Å². The summed E-state index contributed by atoms with van der Waals surface area (Å²) in [6.07, 6.45) is 5.15. The maximum absolute atomic E-state index is 15.4. The predicted octanol–water partition coefficient (Wildman–Crippen LogP) is 6.68. The fraction of sp³-hybridized carbons (Fsp3) is 0.500. The first-order valence-corrected chi connectivity index (χ1v) is 16.1. The molecule has 2 aliphatic rings. The van der Waals surface area contributed by atoms with Crippen molar-refractivity contribution in [1.29, 1.82) is 0 Å². The highest BCUT2D eigenvalue weighted by atomic mass is 19.1. The maximum atomic E-state index is 15.4. The molecule has 0 bridgehead atoms. The van der Waals surface area contributed by atoms with Crippen molar-refractivity contribution in [3.8, 4) is 17.0 Å². The SMILES string of the molecule is CCCC(CC)N1CCc2cc(COc3c(C)cccc3-c3cccc(N4CC[C@@H](C(=O)O)[C@@H](OC)C4)n3)cc(F)c2CC1. The summed E-state index contributed by atoms with van der Waals surface area (Å²) in [5.41, 5.74) is 5.38. The average Bonchev–Trinajstić information content (AvgIpc) is 3.25. The Morgan fingerprint density at radius 2 is 1.91 bits per heavy atom. The topological polar surface area (TPSA) is 75.1 Å². The average molecular weight is 604 g/mol. The summed E-state index contributed by atoms with van der Waals surface area (Å²) >= 11 is 0. The second kappa shape index (κ2) is 14.5. The zero-order chi connectivity index (χ0) is 31.2. The monoisotopic (exact) mass is 603 g/mol. The van der Waals surface area contributed by atoms with Crippen LogP contribution in [0.25, 0.3) is 11.3 Å². The number of ether oxygens (including phenoxy) is 2. The van der Waals surface area contributed by atoms with Crippen LogP contribution in [0.3, 0.4) is 0 Å². The Labute approximate surface area is 261 Å². The zero-order valence-electron chi connectivity index (χ0n) is 26.5. The van der Waals surface area contributed by atoms with Gasteiger partial charge in [-0.2, -0.15) is 0 Å². The molecule has 1 unspecified atom stereocenters. The minimum atomic E-state index is -0.826. The molecular formula is C36H46FN3O4. The summed E-state index contributed by atoms with van der Waals surface area (Å²) in [4.78, 5) is 21.3. The molecular weight excluding hydrogens is 557 g/mol. The smallest absolute Gasteiger partial charge is 0.309 e. The van der Waals surface area contributed by atoms with Crippen molar-refractivity contribution in [2.24, 2.45) is 5.92 Å². The van der Waals surface area contributed by atoms with E-state index < -0.39 is 18.0 Å². The molecule has 0 amide bonds. The van der Waals surface area contributed by atoms with Gasteiger partial charge in [-0.1, -0.05) is 44.5 Å². The summed E-state index contributed by atoms with van der Waals surface area (Å²) in [5, 5.41) is 9.57. The molecule has 3 atom stereocenters. The van der Waals surface area contributed by atoms with Crippen molar-refractivity contribution < 1.29 is 23.8 Å². The lowest BCUT2D eigenvalue weighted by Gasteiger charge is -2.36. The molecule has 5 rings (SSSR count). The van der Waals surface area contributed by atoms with Gasteiger partial charge in [0.05, 0.1) is 17.7 Å². The van der Waals surface area contributed by atoms with Crippen LogP contribution in [0.15, 0.2) is 48.5 Å². The Morgan fingerprint density at radius 3 is 2.66 bits per heavy atom. The number of fused-ring (bicyclic) bond motifs is 1. The van der Waals surface area contributed by atoms with Crippen molar-refractivity contribution >= 4 is 11.8 Å². The summed E-state index contributed by atoms with van der Waals surface area (Å²) in [6.45, 7) is 9.66. The molecule has 8 heteroatoms. The number of aryl methyl sites for hydroxylation is 1. The molecule has 2 aromatic carbocycles. The Hall–Kier alpha value is -3.49. The van der Waals surface area contributed by atoms with Gasteiger partial charge in [-0.25, -0.2) is 9.37 Å². The van der Waals surface area contributed by atoms with Crippen LogP contribution in [0.1, 0.15) is 61.8 Å². The molecule has 7 nitrogen and oxygen atoms in total. The highest BCUT2D eigenvalue weighted by molar-refractivity contribution is 5.72. The van der Waals surface area contributed by atoms with Crippen molar-refractivity contribution in [2.75, 3.05) is 38.2 Å². The van der Waals surface area contributed by atoms with Crippen LogP contribution in [0, 0.1) is 18.7 Å². The van der Waals surface area contributed by atoms with Crippen LogP contribution in [-0.4, -0.2) is 66.4 Å². The van der Waals surface area contributed by atoms with Gasteiger partial charge in [-0.3, -0.25) is 9.69 Å². The van der Waals surface area contributed by atoms with E-state index in [0.717, 1.165) is 83.9 Å². The molecule has 3 heterocycles. The number of carbonyl (C=O) groups is 1. The number of carboxylic acids is 1. The molecule has 0 aliphatic carbocycles. The summed E-state index contributed by atoms with van der Waals surface area (Å²) < 4.78 is 27.4. The lowest BCUT2D eigenvalue weighted by Crippen LogP contribution is -2.47. The van der Waals surface area contributed by atoms with Crippen molar-refractivity contribution in [2.45, 2.75) is 78.0 Å². The fourth-order valence-electron chi connectivity index (χ4n) is 6.91. The zero-order valence-corrected chi connectivity index (χ0v) is 26.5. The number of aromatic nitrogens is 1. The highest BCUT2D eigenvalue weighted by Gasteiger charge is 2.35. The number of aliphatic carboxylic acids is 1. The normalized spacial score (nSPS) is 19.7. The van der Waals surface area contributed by atoms with Crippen molar-refractivity contribution in [1.82, 2.24) is 9.88 Å². The molecule has 3 aromatic rings. The molecule has 0 saturated carbocycles. The Morgan fingerprint density at radius 1 is 1.11 bits per heavy atom. The summed E-state index contributed by atoms with van der Waals surface area (Å²) in [7, 11) is 1.56. The van der Waals surface area contributed by atoms with Crippen LogP contribution in [0.5, 0.6) is 5.75 Å². The van der Waals surface area contributed by atoms with Gasteiger partial charge in [0, 0.05) is 44.9 Å². The van der Waals surface area contributed by atoms with E-state index >= 15 is 4.39 Å². The number of hydrogen-bond donors (Lipinski definition) is 1. The maximum Gasteiger partial charge on any atom is 0.309 e. The predicted molar refractivity (Wildman–Crippen MR) is 172 cm³/mol. The molecule has 236 valence electrons.